The highest BCUT2D eigenvalue weighted by atomic mass is 16.7. The van der Waals surface area contributed by atoms with E-state index in [9.17, 15) is 34.5 Å². The van der Waals surface area contributed by atoms with E-state index < -0.39 is 83.1 Å². The molecule has 1 saturated heterocycles. The lowest BCUT2D eigenvalue weighted by molar-refractivity contribution is -0.160. The molecule has 2 aromatic rings. The van der Waals surface area contributed by atoms with E-state index in [2.05, 4.69) is 32.4 Å². The molecule has 2 aromatic carbocycles. The fraction of sp³-hybridized carbons (Fsp3) is 0.500. The van der Waals surface area contributed by atoms with Gasteiger partial charge in [-0.25, -0.2) is 0 Å². The number of phenols is 1. The standard InChI is InChI=1S/C50H64N4O12/c1-28-14-13-15-29(2)49(61)51-36-26-37(56)39-40(45(36)60)44(59)33(6)47-41(39)48(52-64-25-23-53-19-21-54(22-20-53)27-35-16-11-10-12-17-35)50(8,66-47)63-24-18-38(62-9)30(3)46(65-34(7)55)32(5)43(58)31(4)42(28)57/h10-18,24,26,28,30-32,38,42-43,46,57-59H,19-23,25,27H2,1-9H3,(H,51,61)/b14-13+,24-18+,29-15-,52-48-/t28-,30+,31+,32+,38-,42-,43+,46+,50-/m0/s1. The number of nitrogens with one attached hydrogen (secondary N) is 1. The molecule has 7 rings (SSSR count). The number of benzene rings is 2. The van der Waals surface area contributed by atoms with Crippen molar-refractivity contribution < 1.29 is 58.3 Å². The van der Waals surface area contributed by atoms with Gasteiger partial charge in [0.15, 0.2) is 11.5 Å². The first kappa shape index (κ1) is 49.8. The minimum Gasteiger partial charge on any atom is -0.507 e. The van der Waals surface area contributed by atoms with Gasteiger partial charge in [-0.1, -0.05) is 81.4 Å². The van der Waals surface area contributed by atoms with Gasteiger partial charge in [-0.2, -0.15) is 0 Å². The number of ketones is 2. The molecule has 4 N–H and O–H groups in total. The molecule has 9 atom stereocenters. The summed E-state index contributed by atoms with van der Waals surface area (Å²) in [5.41, 5.74) is 0.759. The van der Waals surface area contributed by atoms with Crippen molar-refractivity contribution in [2.75, 3.05) is 46.4 Å². The van der Waals surface area contributed by atoms with Crippen molar-refractivity contribution in [1.29, 1.82) is 0 Å². The molecule has 0 unspecified atom stereocenters. The molecule has 1 aliphatic carbocycles. The first-order valence-electron chi connectivity index (χ1n) is 22.5. The third-order valence-corrected chi connectivity index (χ3v) is 13.2. The smallest absolute Gasteiger partial charge is 0.302 e. The van der Waals surface area contributed by atoms with Crippen LogP contribution in [0.1, 0.15) is 85.9 Å². The Labute approximate surface area is 386 Å². The van der Waals surface area contributed by atoms with Crippen LogP contribution in [0.4, 0.5) is 0 Å². The molecule has 4 heterocycles. The van der Waals surface area contributed by atoms with Gasteiger partial charge in [0.2, 0.25) is 5.78 Å². The number of fused-ring (bicyclic) bond motifs is 14. The number of aliphatic hydroxyl groups is 2. The molecule has 66 heavy (non-hydrogen) atoms. The maximum atomic E-state index is 14.2. The summed E-state index contributed by atoms with van der Waals surface area (Å²) >= 11 is 0. The lowest BCUT2D eigenvalue weighted by Crippen LogP contribution is -2.46. The summed E-state index contributed by atoms with van der Waals surface area (Å²) in [6, 6.07) is 10.3. The number of phenolic OH excluding ortho intramolecular Hbond substituents is 1. The third kappa shape index (κ3) is 10.8. The molecule has 356 valence electrons. The number of esters is 1. The quantitative estimate of drug-likeness (QED) is 0.157. The minimum absolute atomic E-state index is 0.00885. The van der Waals surface area contributed by atoms with Crippen LogP contribution in [0.15, 0.2) is 83.4 Å². The van der Waals surface area contributed by atoms with Gasteiger partial charge in [-0.05, 0) is 25.5 Å². The van der Waals surface area contributed by atoms with E-state index in [4.69, 9.17) is 23.8 Å². The Kier molecular flexibility index (Phi) is 16.1. The van der Waals surface area contributed by atoms with Crippen LogP contribution in [0.3, 0.4) is 0 Å². The Morgan fingerprint density at radius 3 is 2.27 bits per heavy atom. The van der Waals surface area contributed by atoms with Crippen molar-refractivity contribution in [2.24, 2.45) is 28.8 Å². The number of aliphatic hydroxyl groups excluding tert-OH is 2. The maximum Gasteiger partial charge on any atom is 0.302 e. The van der Waals surface area contributed by atoms with Gasteiger partial charge in [0.05, 0.1) is 47.0 Å². The number of nitrogens with zero attached hydrogens (tertiary/aromatic N) is 3. The fourth-order valence-corrected chi connectivity index (χ4v) is 9.05. The summed E-state index contributed by atoms with van der Waals surface area (Å²) in [5, 5.41) is 41.6. The highest BCUT2D eigenvalue weighted by molar-refractivity contribution is 6.31. The number of Topliss-reactive ketones (excluding diaryl/α,β-unsaturated/α-hetero) is 1. The van der Waals surface area contributed by atoms with Crippen molar-refractivity contribution in [1.82, 2.24) is 15.1 Å². The molecule has 5 bridgehead atoms. The number of carbonyl (C=O) groups excluding carboxylic acids is 4. The molecule has 0 spiro atoms. The van der Waals surface area contributed by atoms with E-state index in [1.807, 2.05) is 18.2 Å². The second-order valence-electron chi connectivity index (χ2n) is 17.9. The molecule has 1 amide bonds. The van der Waals surface area contributed by atoms with Crippen LogP contribution < -0.4 is 10.1 Å². The first-order chi connectivity index (χ1) is 31.4. The van der Waals surface area contributed by atoms with Crippen LogP contribution in [0, 0.1) is 30.6 Å². The van der Waals surface area contributed by atoms with Gasteiger partial charge < -0.3 is 44.4 Å². The average Bonchev–Trinajstić information content (AvgIpc) is 3.59. The number of allylic oxidation sites excluding steroid dienone is 4. The Balaban J connectivity index is 1.36. The van der Waals surface area contributed by atoms with Crippen molar-refractivity contribution in [3.05, 3.63) is 106 Å². The molecule has 4 aliphatic heterocycles. The maximum absolute atomic E-state index is 14.2. The van der Waals surface area contributed by atoms with E-state index in [1.165, 1.54) is 45.8 Å². The van der Waals surface area contributed by atoms with Crippen molar-refractivity contribution in [3.8, 4) is 11.5 Å². The van der Waals surface area contributed by atoms with Crippen molar-refractivity contribution in [3.63, 3.8) is 0 Å². The van der Waals surface area contributed by atoms with E-state index in [1.54, 1.807) is 52.8 Å². The average molecular weight is 913 g/mol. The van der Waals surface area contributed by atoms with Crippen molar-refractivity contribution in [2.45, 2.75) is 92.1 Å². The van der Waals surface area contributed by atoms with Crippen LogP contribution >= 0.6 is 0 Å². The molecule has 0 radical (unpaired) electrons. The summed E-state index contributed by atoms with van der Waals surface area (Å²) < 4.78 is 24.5. The number of ether oxygens (including phenoxy) is 4. The topological polar surface area (TPSA) is 206 Å². The molecule has 0 aromatic heterocycles. The molecular formula is C50H64N4O12. The van der Waals surface area contributed by atoms with Crippen LogP contribution in [0.25, 0.3) is 0 Å². The van der Waals surface area contributed by atoms with Crippen molar-refractivity contribution >= 4 is 29.2 Å². The summed E-state index contributed by atoms with van der Waals surface area (Å²) in [5.74, 6) is -7.48. The number of hydrogen-bond donors (Lipinski definition) is 4. The number of methoxy groups -OCH3 is 1. The highest BCUT2D eigenvalue weighted by Gasteiger charge is 2.51. The van der Waals surface area contributed by atoms with Gasteiger partial charge in [-0.3, -0.25) is 29.0 Å². The van der Waals surface area contributed by atoms with E-state index in [-0.39, 0.29) is 51.6 Å². The van der Waals surface area contributed by atoms with Gasteiger partial charge in [-0.15, -0.1) is 0 Å². The van der Waals surface area contributed by atoms with Gasteiger partial charge >= 0.3 is 5.97 Å². The molecule has 0 saturated carbocycles. The number of rotatable bonds is 8. The predicted octanol–water partition coefficient (Wildman–Crippen LogP) is 4.99. The molecule has 1 fully saturated rings. The van der Waals surface area contributed by atoms with Gasteiger partial charge in [0, 0.05) is 101 Å². The zero-order chi connectivity index (χ0) is 48.0. The largest absolute Gasteiger partial charge is 0.507 e. The lowest BCUT2D eigenvalue weighted by atomic mass is 9.78. The van der Waals surface area contributed by atoms with Crippen LogP contribution in [0.2, 0.25) is 0 Å². The minimum atomic E-state index is -1.80. The normalized spacial score (nSPS) is 31.5. The molecular weight excluding hydrogens is 849 g/mol. The predicted molar refractivity (Wildman–Crippen MR) is 246 cm³/mol. The number of carbonyl (C=O) groups is 4. The zero-order valence-electron chi connectivity index (χ0n) is 39.3. The number of aromatic hydroxyl groups is 1. The number of oxime groups is 1. The number of piperazine rings is 1. The van der Waals surface area contributed by atoms with Gasteiger partial charge in [0.25, 0.3) is 11.7 Å². The Morgan fingerprint density at radius 2 is 1.61 bits per heavy atom. The Morgan fingerprint density at radius 1 is 0.924 bits per heavy atom. The van der Waals surface area contributed by atoms with E-state index in [0.29, 0.717) is 6.54 Å². The first-order valence-corrected chi connectivity index (χ1v) is 22.5. The van der Waals surface area contributed by atoms with Gasteiger partial charge in [0.1, 0.15) is 24.2 Å². The Hall–Kier alpha value is -5.65. The van der Waals surface area contributed by atoms with Crippen LogP contribution in [-0.2, 0) is 35.2 Å². The third-order valence-electron chi connectivity index (χ3n) is 13.2. The second-order valence-corrected chi connectivity index (χ2v) is 17.9. The second kappa shape index (κ2) is 21.3. The summed E-state index contributed by atoms with van der Waals surface area (Å²) in [7, 11) is 1.47. The van der Waals surface area contributed by atoms with E-state index >= 15 is 0 Å². The number of hydrogen-bond acceptors (Lipinski definition) is 15. The SMILES string of the molecule is CO[C@H]1/C=C/O[C@@]2(C)Oc3c(C)c(O)c4c(c3/C2=N/OCCN2CCN(Cc3ccccc3)CC2)C(=O)C=C(NC(=O)/C(C)=C\C=C\[C@H](C)[C@H](O)[C@@H](C)[C@@H](O)[C@@H](C)[C@H](OC(C)=O)[C@@H]1C)C4=O. The summed E-state index contributed by atoms with van der Waals surface area (Å²) in [4.78, 5) is 64.9. The summed E-state index contributed by atoms with van der Waals surface area (Å²) in [6.07, 6.45) is 4.82. The lowest BCUT2D eigenvalue weighted by Gasteiger charge is -2.38. The van der Waals surface area contributed by atoms with E-state index in [0.717, 1.165) is 38.8 Å². The zero-order valence-corrected chi connectivity index (χ0v) is 39.3. The van der Waals surface area contributed by atoms with Crippen LogP contribution in [0.5, 0.6) is 11.5 Å². The number of amides is 1. The fourth-order valence-electron chi connectivity index (χ4n) is 9.05. The summed E-state index contributed by atoms with van der Waals surface area (Å²) in [6.45, 7) is 17.8. The highest BCUT2D eigenvalue weighted by Crippen LogP contribution is 2.48. The molecule has 5 aliphatic rings. The molecule has 16 nitrogen and oxygen atoms in total. The monoisotopic (exact) mass is 912 g/mol. The van der Waals surface area contributed by atoms with Crippen LogP contribution in [-0.4, -0.2) is 131 Å². The Bertz CT molecular complexity index is 2300. The molecule has 16 heteroatoms.